The molecule has 8 nitrogen and oxygen atoms in total. The lowest BCUT2D eigenvalue weighted by molar-refractivity contribution is 0.0599. The van der Waals surface area contributed by atoms with E-state index in [0.29, 0.717) is 17.1 Å². The molecule has 0 aliphatic carbocycles. The largest absolute Gasteiger partial charge is 0.494 e. The molecule has 0 fully saturated rings. The quantitative estimate of drug-likeness (QED) is 0.360. The predicted octanol–water partition coefficient (Wildman–Crippen LogP) is 4.68. The van der Waals surface area contributed by atoms with Gasteiger partial charge in [-0.15, -0.1) is 0 Å². The maximum atomic E-state index is 13.4. The number of methoxy groups -OCH3 is 2. The van der Waals surface area contributed by atoms with Crippen LogP contribution in [0.1, 0.15) is 34.6 Å². The third-order valence-corrected chi connectivity index (χ3v) is 5.57. The van der Waals surface area contributed by atoms with Crippen molar-refractivity contribution < 1.29 is 23.4 Å². The number of hydrogen-bond acceptors (Lipinski definition) is 6. The van der Waals surface area contributed by atoms with E-state index in [1.807, 2.05) is 17.7 Å². The second-order valence-corrected chi connectivity index (χ2v) is 7.88. The maximum Gasteiger partial charge on any atom is 0.339 e. The van der Waals surface area contributed by atoms with Gasteiger partial charge in [0, 0.05) is 24.5 Å². The van der Waals surface area contributed by atoms with Gasteiger partial charge < -0.3 is 23.3 Å². The summed E-state index contributed by atoms with van der Waals surface area (Å²) in [6, 6.07) is 11.7. The van der Waals surface area contributed by atoms with Crippen LogP contribution in [0.15, 0.2) is 72.0 Å². The molecule has 0 N–H and O–H groups in total. The van der Waals surface area contributed by atoms with E-state index in [-0.39, 0.29) is 17.1 Å². The van der Waals surface area contributed by atoms with E-state index >= 15 is 0 Å². The Balaban J connectivity index is 1.75. The molecule has 180 valence electrons. The Morgan fingerprint density at radius 1 is 1.03 bits per heavy atom. The zero-order chi connectivity index (χ0) is 25.1. The number of aryl methyl sites for hydroxylation is 1. The number of ether oxygens (including phenoxy) is 3. The zero-order valence-corrected chi connectivity index (χ0v) is 19.7. The lowest BCUT2D eigenvalue weighted by Gasteiger charge is -2.18. The highest BCUT2D eigenvalue weighted by Gasteiger charge is 2.19. The van der Waals surface area contributed by atoms with Gasteiger partial charge in [-0.1, -0.05) is 12.1 Å². The fraction of sp³-hybridized carbons (Fsp3) is 0.192. The molecule has 0 radical (unpaired) electrons. The van der Waals surface area contributed by atoms with Crippen LogP contribution in [0.4, 0.5) is 4.39 Å². The molecule has 0 amide bonds. The third kappa shape index (κ3) is 4.93. The summed E-state index contributed by atoms with van der Waals surface area (Å²) in [5.41, 5.74) is 1.94. The van der Waals surface area contributed by atoms with Gasteiger partial charge in [-0.25, -0.2) is 14.2 Å². The first kappa shape index (κ1) is 23.7. The summed E-state index contributed by atoms with van der Waals surface area (Å²) in [7, 11) is 2.78. The highest BCUT2D eigenvalue weighted by Crippen LogP contribution is 2.30. The van der Waals surface area contributed by atoms with Crippen LogP contribution in [0.25, 0.3) is 5.69 Å². The lowest BCUT2D eigenvalue weighted by atomic mass is 10.1. The number of nitrogens with zero attached hydrogens (tertiary/aromatic N) is 3. The van der Waals surface area contributed by atoms with Crippen molar-refractivity contribution >= 4 is 5.97 Å². The number of imidazole rings is 1. The van der Waals surface area contributed by atoms with Gasteiger partial charge in [0.2, 0.25) is 0 Å². The summed E-state index contributed by atoms with van der Waals surface area (Å²) >= 11 is 0. The number of carbonyl (C=O) groups excluding carboxylic acids is 1. The van der Waals surface area contributed by atoms with Crippen LogP contribution in [0.5, 0.6) is 17.2 Å². The van der Waals surface area contributed by atoms with Crippen LogP contribution < -0.4 is 15.0 Å². The lowest BCUT2D eigenvalue weighted by Crippen LogP contribution is -2.26. The molecule has 0 saturated heterocycles. The molecule has 2 heterocycles. The van der Waals surface area contributed by atoms with Gasteiger partial charge in [0.05, 0.1) is 43.5 Å². The number of rotatable bonds is 7. The molecule has 4 aromatic rings. The number of carbonyl (C=O) groups is 1. The maximum absolute atomic E-state index is 13.4. The topological polar surface area (TPSA) is 84.6 Å². The Labute approximate surface area is 201 Å². The first-order valence-electron chi connectivity index (χ1n) is 10.8. The van der Waals surface area contributed by atoms with Gasteiger partial charge in [-0.05, 0) is 43.7 Å². The summed E-state index contributed by atoms with van der Waals surface area (Å²) in [6.07, 6.45) is 4.93. The minimum absolute atomic E-state index is 0.0739. The van der Waals surface area contributed by atoms with Gasteiger partial charge in [0.25, 0.3) is 5.56 Å². The minimum Gasteiger partial charge on any atom is -0.494 e. The van der Waals surface area contributed by atoms with E-state index in [2.05, 4.69) is 4.98 Å². The number of hydrogen-bond donors (Lipinski definition) is 0. The number of esters is 1. The van der Waals surface area contributed by atoms with Crippen molar-refractivity contribution in [3.05, 3.63) is 100 Å². The van der Waals surface area contributed by atoms with E-state index in [0.717, 1.165) is 11.4 Å². The van der Waals surface area contributed by atoms with Crippen molar-refractivity contribution in [2.45, 2.75) is 19.9 Å². The molecule has 35 heavy (non-hydrogen) atoms. The summed E-state index contributed by atoms with van der Waals surface area (Å²) in [6.45, 7) is 3.65. The van der Waals surface area contributed by atoms with E-state index in [1.165, 1.54) is 43.2 Å². The Kier molecular flexibility index (Phi) is 6.68. The average Bonchev–Trinajstić information content (AvgIpc) is 3.30. The molecule has 2 aromatic carbocycles. The Morgan fingerprint density at radius 2 is 1.77 bits per heavy atom. The molecule has 1 atom stereocenters. The standard InChI is InChI=1S/C26H24FN3O5/c1-16-13-29(15-28-16)22-10-9-21(12-23(22)33-3)35-24-11-19(26(32)34-4)14-30(25(24)31)17(2)18-5-7-20(27)8-6-18/h5-15,17H,1-4H3. The number of pyridine rings is 1. The number of halogens is 1. The number of benzene rings is 2. The minimum atomic E-state index is -0.627. The van der Waals surface area contributed by atoms with E-state index in [9.17, 15) is 14.0 Å². The highest BCUT2D eigenvalue weighted by atomic mass is 19.1. The van der Waals surface area contributed by atoms with Gasteiger partial charge >= 0.3 is 5.97 Å². The van der Waals surface area contributed by atoms with Gasteiger partial charge in [0.15, 0.2) is 5.75 Å². The third-order valence-electron chi connectivity index (χ3n) is 5.57. The molecule has 0 bridgehead atoms. The summed E-state index contributed by atoms with van der Waals surface area (Å²) < 4.78 is 32.8. The normalized spacial score (nSPS) is 11.7. The molecular formula is C26H24FN3O5. The van der Waals surface area contributed by atoms with Gasteiger partial charge in [0.1, 0.15) is 17.3 Å². The van der Waals surface area contributed by atoms with Crippen LogP contribution in [-0.4, -0.2) is 34.3 Å². The van der Waals surface area contributed by atoms with Crippen molar-refractivity contribution in [1.29, 1.82) is 0 Å². The van der Waals surface area contributed by atoms with Crippen molar-refractivity contribution in [2.24, 2.45) is 0 Å². The predicted molar refractivity (Wildman–Crippen MR) is 127 cm³/mol. The molecule has 4 rings (SSSR count). The second kappa shape index (κ2) is 9.84. The first-order valence-corrected chi connectivity index (χ1v) is 10.8. The first-order chi connectivity index (χ1) is 16.8. The van der Waals surface area contributed by atoms with Crippen LogP contribution in [0.3, 0.4) is 0 Å². The summed E-state index contributed by atoms with van der Waals surface area (Å²) in [5.74, 6) is -0.246. The van der Waals surface area contributed by atoms with Crippen LogP contribution in [0, 0.1) is 12.7 Å². The summed E-state index contributed by atoms with van der Waals surface area (Å²) in [5, 5.41) is 0. The number of aromatic nitrogens is 3. The Hall–Kier alpha value is -4.40. The zero-order valence-electron chi connectivity index (χ0n) is 19.7. The smallest absolute Gasteiger partial charge is 0.339 e. The Bertz CT molecular complexity index is 1430. The van der Waals surface area contributed by atoms with E-state index in [1.54, 1.807) is 43.6 Å². The molecule has 9 heteroatoms. The molecule has 2 aromatic heterocycles. The van der Waals surface area contributed by atoms with Crippen molar-refractivity contribution in [3.8, 4) is 22.9 Å². The molecule has 0 saturated carbocycles. The molecular weight excluding hydrogens is 453 g/mol. The van der Waals surface area contributed by atoms with Gasteiger partial charge in [-0.3, -0.25) is 4.79 Å². The van der Waals surface area contributed by atoms with Crippen LogP contribution in [-0.2, 0) is 4.74 Å². The molecule has 0 aliphatic rings. The highest BCUT2D eigenvalue weighted by molar-refractivity contribution is 5.89. The SMILES string of the molecule is COC(=O)c1cc(Oc2ccc(-n3cnc(C)c3)c(OC)c2)c(=O)n(C(C)c2ccc(F)cc2)c1. The monoisotopic (exact) mass is 477 g/mol. The van der Waals surface area contributed by atoms with Crippen LogP contribution in [0.2, 0.25) is 0 Å². The van der Waals surface area contributed by atoms with Gasteiger partial charge in [-0.2, -0.15) is 0 Å². The van der Waals surface area contributed by atoms with Crippen molar-refractivity contribution in [2.75, 3.05) is 14.2 Å². The van der Waals surface area contributed by atoms with E-state index < -0.39 is 17.6 Å². The second-order valence-electron chi connectivity index (χ2n) is 7.88. The fourth-order valence-corrected chi connectivity index (χ4v) is 3.68. The average molecular weight is 477 g/mol. The van der Waals surface area contributed by atoms with Crippen LogP contribution >= 0.6 is 0 Å². The molecule has 1 unspecified atom stereocenters. The summed E-state index contributed by atoms with van der Waals surface area (Å²) in [4.78, 5) is 29.9. The van der Waals surface area contributed by atoms with E-state index in [4.69, 9.17) is 14.2 Å². The van der Waals surface area contributed by atoms with Crippen molar-refractivity contribution in [3.63, 3.8) is 0 Å². The molecule has 0 aliphatic heterocycles. The fourth-order valence-electron chi connectivity index (χ4n) is 3.68. The van der Waals surface area contributed by atoms with Crippen molar-refractivity contribution in [1.82, 2.24) is 14.1 Å². The molecule has 0 spiro atoms. The Morgan fingerprint density at radius 3 is 2.40 bits per heavy atom.